The third-order valence-corrected chi connectivity index (χ3v) is 3.89. The van der Waals surface area contributed by atoms with Crippen molar-refractivity contribution in [2.24, 2.45) is 0 Å². The van der Waals surface area contributed by atoms with Crippen LogP contribution in [-0.4, -0.2) is 15.7 Å². The van der Waals surface area contributed by atoms with Crippen molar-refractivity contribution >= 4 is 27.7 Å². The average Bonchev–Trinajstić information content (AvgIpc) is 2.40. The monoisotopic (exact) mass is 310 g/mol. The number of nitrogens with one attached hydrogen (secondary N) is 1. The lowest BCUT2D eigenvalue weighted by Crippen LogP contribution is -2.20. The second-order valence-corrected chi connectivity index (χ2v) is 6.29. The maximum absolute atomic E-state index is 11.5. The highest BCUT2D eigenvalue weighted by molar-refractivity contribution is 9.10. The van der Waals surface area contributed by atoms with Crippen molar-refractivity contribution in [3.8, 4) is 0 Å². The van der Waals surface area contributed by atoms with Gasteiger partial charge in [0, 0.05) is 6.20 Å². The van der Waals surface area contributed by atoms with Gasteiger partial charge in [0.15, 0.2) is 0 Å². The van der Waals surface area contributed by atoms with Crippen molar-refractivity contribution in [3.05, 3.63) is 23.9 Å². The minimum Gasteiger partial charge on any atom is -0.310 e. The van der Waals surface area contributed by atoms with Gasteiger partial charge in [0.25, 0.3) is 0 Å². The zero-order valence-electron chi connectivity index (χ0n) is 10.7. The first kappa shape index (κ1) is 13.5. The summed E-state index contributed by atoms with van der Waals surface area (Å²) in [5.41, 5.74) is 1.31. The van der Waals surface area contributed by atoms with Crippen LogP contribution in [0.4, 0.5) is 5.82 Å². The number of carbonyl (C=O) groups excluding carboxylic acids is 1. The molecule has 1 amide bonds. The summed E-state index contributed by atoms with van der Waals surface area (Å²) < 4.78 is 0. The van der Waals surface area contributed by atoms with Gasteiger partial charge in [-0.05, 0) is 37.3 Å². The van der Waals surface area contributed by atoms with Crippen LogP contribution in [0.5, 0.6) is 0 Å². The van der Waals surface area contributed by atoms with Crippen LogP contribution in [0.1, 0.15) is 50.5 Å². The van der Waals surface area contributed by atoms with E-state index in [1.54, 1.807) is 6.92 Å². The number of alkyl halides is 1. The number of anilines is 1. The van der Waals surface area contributed by atoms with Crippen LogP contribution < -0.4 is 5.32 Å². The molecule has 4 heteroatoms. The maximum Gasteiger partial charge on any atom is 0.239 e. The van der Waals surface area contributed by atoms with Crippen LogP contribution >= 0.6 is 15.9 Å². The van der Waals surface area contributed by atoms with Gasteiger partial charge in [0.2, 0.25) is 5.91 Å². The van der Waals surface area contributed by atoms with Crippen LogP contribution in [0.15, 0.2) is 18.3 Å². The molecule has 1 saturated carbocycles. The van der Waals surface area contributed by atoms with Gasteiger partial charge in [-0.3, -0.25) is 4.79 Å². The normalized spacial score (nSPS) is 18.3. The SMILES string of the molecule is CC(Br)C(=O)Nc1ccc(C2CCCCC2)cn1. The lowest BCUT2D eigenvalue weighted by Gasteiger charge is -2.21. The van der Waals surface area contributed by atoms with E-state index in [9.17, 15) is 4.79 Å². The number of hydrogen-bond donors (Lipinski definition) is 1. The predicted molar refractivity (Wildman–Crippen MR) is 77.1 cm³/mol. The van der Waals surface area contributed by atoms with E-state index in [4.69, 9.17) is 0 Å². The molecule has 2 rings (SSSR count). The van der Waals surface area contributed by atoms with Gasteiger partial charge in [-0.15, -0.1) is 0 Å². The highest BCUT2D eigenvalue weighted by atomic mass is 79.9. The Kier molecular flexibility index (Phi) is 4.75. The first-order valence-electron chi connectivity index (χ1n) is 6.57. The van der Waals surface area contributed by atoms with Crippen LogP contribution in [0.25, 0.3) is 0 Å². The first-order chi connectivity index (χ1) is 8.66. The summed E-state index contributed by atoms with van der Waals surface area (Å²) in [6, 6.07) is 3.99. The third kappa shape index (κ3) is 3.55. The molecule has 1 aromatic rings. The number of hydrogen-bond acceptors (Lipinski definition) is 2. The molecule has 98 valence electrons. The van der Waals surface area contributed by atoms with E-state index in [0.717, 1.165) is 0 Å². The number of rotatable bonds is 3. The van der Waals surface area contributed by atoms with Crippen LogP contribution in [0.2, 0.25) is 0 Å². The van der Waals surface area contributed by atoms with Gasteiger partial charge in [-0.1, -0.05) is 41.3 Å². The fourth-order valence-electron chi connectivity index (χ4n) is 2.38. The summed E-state index contributed by atoms with van der Waals surface area (Å²) in [5, 5.41) is 2.77. The quantitative estimate of drug-likeness (QED) is 0.862. The molecule has 0 aliphatic heterocycles. The molecule has 1 atom stereocenters. The summed E-state index contributed by atoms with van der Waals surface area (Å²) in [5.74, 6) is 1.23. The smallest absolute Gasteiger partial charge is 0.239 e. The van der Waals surface area contributed by atoms with Crippen molar-refractivity contribution in [1.29, 1.82) is 0 Å². The van der Waals surface area contributed by atoms with Crippen LogP contribution in [-0.2, 0) is 4.79 Å². The fraction of sp³-hybridized carbons (Fsp3) is 0.571. The minimum atomic E-state index is -0.197. The predicted octanol–water partition coefficient (Wildman–Crippen LogP) is 3.85. The summed E-state index contributed by atoms with van der Waals surface area (Å²) in [7, 11) is 0. The number of carbonyl (C=O) groups is 1. The lowest BCUT2D eigenvalue weighted by molar-refractivity contribution is -0.115. The van der Waals surface area contributed by atoms with Gasteiger partial charge in [0.1, 0.15) is 5.82 Å². The molecule has 3 nitrogen and oxygen atoms in total. The number of aromatic nitrogens is 1. The molecule has 1 aromatic heterocycles. The molecule has 0 aromatic carbocycles. The van der Waals surface area contributed by atoms with Crippen molar-refractivity contribution < 1.29 is 4.79 Å². The zero-order valence-corrected chi connectivity index (χ0v) is 12.2. The number of pyridine rings is 1. The standard InChI is InChI=1S/C14H19BrN2O/c1-10(15)14(18)17-13-8-7-12(9-16-13)11-5-3-2-4-6-11/h7-11H,2-6H2,1H3,(H,16,17,18). The van der Waals surface area contributed by atoms with E-state index in [1.807, 2.05) is 12.3 Å². The molecule has 0 spiro atoms. The average molecular weight is 311 g/mol. The van der Waals surface area contributed by atoms with E-state index in [-0.39, 0.29) is 10.7 Å². The van der Waals surface area contributed by atoms with E-state index in [1.165, 1.54) is 37.7 Å². The van der Waals surface area contributed by atoms with Crippen molar-refractivity contribution in [2.45, 2.75) is 49.8 Å². The molecule has 0 saturated heterocycles. The second-order valence-electron chi connectivity index (χ2n) is 4.92. The largest absolute Gasteiger partial charge is 0.310 e. The number of halogens is 1. The summed E-state index contributed by atoms with van der Waals surface area (Å²) in [6.45, 7) is 1.80. The third-order valence-electron chi connectivity index (χ3n) is 3.48. The fourth-order valence-corrected chi connectivity index (χ4v) is 2.50. The Morgan fingerprint density at radius 2 is 2.11 bits per heavy atom. The van der Waals surface area contributed by atoms with Crippen molar-refractivity contribution in [2.75, 3.05) is 5.32 Å². The molecule has 1 heterocycles. The second kappa shape index (κ2) is 6.32. The molecule has 0 radical (unpaired) electrons. The first-order valence-corrected chi connectivity index (χ1v) is 7.49. The molecule has 1 aliphatic carbocycles. The van der Waals surface area contributed by atoms with E-state index in [0.29, 0.717) is 11.7 Å². The summed E-state index contributed by atoms with van der Waals surface area (Å²) in [4.78, 5) is 15.6. The lowest BCUT2D eigenvalue weighted by atomic mass is 9.85. The highest BCUT2D eigenvalue weighted by Crippen LogP contribution is 2.32. The molecule has 1 N–H and O–H groups in total. The van der Waals surface area contributed by atoms with Crippen LogP contribution in [0, 0.1) is 0 Å². The minimum absolute atomic E-state index is 0.0621. The Morgan fingerprint density at radius 3 is 2.67 bits per heavy atom. The molecule has 18 heavy (non-hydrogen) atoms. The number of amides is 1. The van der Waals surface area contributed by atoms with Crippen molar-refractivity contribution in [3.63, 3.8) is 0 Å². The topological polar surface area (TPSA) is 42.0 Å². The van der Waals surface area contributed by atoms with Gasteiger partial charge in [-0.25, -0.2) is 4.98 Å². The number of nitrogens with zero attached hydrogens (tertiary/aromatic N) is 1. The van der Waals surface area contributed by atoms with Gasteiger partial charge >= 0.3 is 0 Å². The molecular formula is C14H19BrN2O. The molecule has 1 unspecified atom stereocenters. The Labute approximate surface area is 117 Å². The Balaban J connectivity index is 1.98. The van der Waals surface area contributed by atoms with Gasteiger partial charge in [-0.2, -0.15) is 0 Å². The zero-order chi connectivity index (χ0) is 13.0. The molecule has 0 bridgehead atoms. The van der Waals surface area contributed by atoms with Crippen LogP contribution in [0.3, 0.4) is 0 Å². The maximum atomic E-state index is 11.5. The van der Waals surface area contributed by atoms with E-state index >= 15 is 0 Å². The van der Waals surface area contributed by atoms with Crippen molar-refractivity contribution in [1.82, 2.24) is 4.98 Å². The molecule has 1 aliphatic rings. The van der Waals surface area contributed by atoms with E-state index < -0.39 is 0 Å². The van der Waals surface area contributed by atoms with Gasteiger partial charge < -0.3 is 5.32 Å². The Morgan fingerprint density at radius 1 is 1.39 bits per heavy atom. The highest BCUT2D eigenvalue weighted by Gasteiger charge is 2.16. The summed E-state index contributed by atoms with van der Waals surface area (Å²) >= 11 is 3.23. The Hall–Kier alpha value is -0.900. The van der Waals surface area contributed by atoms with Gasteiger partial charge in [0.05, 0.1) is 4.83 Å². The molecule has 1 fully saturated rings. The summed E-state index contributed by atoms with van der Waals surface area (Å²) in [6.07, 6.45) is 8.46. The van der Waals surface area contributed by atoms with E-state index in [2.05, 4.69) is 32.3 Å². The Bertz CT molecular complexity index is 397. The molecular weight excluding hydrogens is 292 g/mol.